The lowest BCUT2D eigenvalue weighted by molar-refractivity contribution is -0.130. The molecule has 0 amide bonds. The second kappa shape index (κ2) is 9.71. The summed E-state index contributed by atoms with van der Waals surface area (Å²) in [5.41, 5.74) is -1.17. The predicted octanol–water partition coefficient (Wildman–Crippen LogP) is 3.06. The molecule has 0 radical (unpaired) electrons. The summed E-state index contributed by atoms with van der Waals surface area (Å²) in [6.45, 7) is 2.15. The van der Waals surface area contributed by atoms with Gasteiger partial charge in [0.15, 0.2) is 5.75 Å². The van der Waals surface area contributed by atoms with E-state index in [9.17, 15) is 19.2 Å². The summed E-state index contributed by atoms with van der Waals surface area (Å²) >= 11 is 6.65. The molecule has 12 nitrogen and oxygen atoms in total. The normalized spacial score (nSPS) is 22.3. The molecule has 8 rings (SSSR count). The first-order chi connectivity index (χ1) is 22.5. The highest BCUT2D eigenvalue weighted by Crippen LogP contribution is 2.56. The number of pyridine rings is 1. The molecule has 4 aromatic rings. The number of ketones is 2. The van der Waals surface area contributed by atoms with Gasteiger partial charge in [-0.25, -0.2) is 4.79 Å². The fourth-order valence-corrected chi connectivity index (χ4v) is 8.16. The van der Waals surface area contributed by atoms with Crippen molar-refractivity contribution in [2.45, 2.75) is 37.8 Å². The molecule has 1 spiro atoms. The molecule has 3 atom stereocenters. The number of aromatic nitrogens is 3. The number of methoxy groups -OCH3 is 2. The molecule has 1 N–H and O–H groups in total. The number of nitrogens with zero attached hydrogens (tertiary/aromatic N) is 3. The SMILES string of the molecule is COc1cc(OC)c2c(c1Cl)O[C@@]1(C(=O)C3=C(C[C@H]1C)Nc1c(c(=O)n(C)c(=O)n1C)[C@H]3c1cc3cccc4c3n(c1=O)CC4)C2=O. The van der Waals surface area contributed by atoms with Crippen LogP contribution in [-0.2, 0) is 31.9 Å². The average Bonchev–Trinajstić information content (AvgIpc) is 3.64. The molecule has 0 fully saturated rings. The number of nitrogens with one attached hydrogen (secondary N) is 1. The second-order valence-electron chi connectivity index (χ2n) is 12.5. The third-order valence-electron chi connectivity index (χ3n) is 10.2. The van der Waals surface area contributed by atoms with Crippen molar-refractivity contribution in [1.82, 2.24) is 13.7 Å². The van der Waals surface area contributed by atoms with Gasteiger partial charge in [0.2, 0.25) is 17.2 Å². The van der Waals surface area contributed by atoms with Gasteiger partial charge in [0.1, 0.15) is 27.9 Å². The summed E-state index contributed by atoms with van der Waals surface area (Å²) in [5, 5.41) is 3.97. The molecular weight excluding hydrogens is 628 g/mol. The van der Waals surface area contributed by atoms with Gasteiger partial charge in [-0.15, -0.1) is 0 Å². The van der Waals surface area contributed by atoms with Crippen LogP contribution in [-0.4, -0.2) is 45.1 Å². The number of Topliss-reactive ketones (excluding diaryl/α,β-unsaturated/α-hetero) is 2. The molecular formula is C34H29ClN4O8. The van der Waals surface area contributed by atoms with E-state index in [0.717, 1.165) is 21.0 Å². The van der Waals surface area contributed by atoms with Crippen LogP contribution in [0.1, 0.15) is 46.3 Å². The molecule has 13 heteroatoms. The monoisotopic (exact) mass is 656 g/mol. The number of para-hydroxylation sites is 1. The number of carbonyl (C=O) groups is 2. The smallest absolute Gasteiger partial charge is 0.332 e. The van der Waals surface area contributed by atoms with Crippen molar-refractivity contribution < 1.29 is 23.8 Å². The van der Waals surface area contributed by atoms with Crippen LogP contribution in [0, 0.1) is 5.92 Å². The number of ether oxygens (including phenoxy) is 3. The Labute approximate surface area is 271 Å². The molecule has 0 bridgehead atoms. The molecule has 0 unspecified atom stereocenters. The summed E-state index contributed by atoms with van der Waals surface area (Å²) in [6, 6.07) is 8.94. The molecule has 1 aliphatic carbocycles. The fraction of sp³-hybridized carbons (Fsp3) is 0.324. The first kappa shape index (κ1) is 29.3. The third kappa shape index (κ3) is 3.50. The van der Waals surface area contributed by atoms with E-state index >= 15 is 4.79 Å². The summed E-state index contributed by atoms with van der Waals surface area (Å²) < 4.78 is 21.2. The number of rotatable bonds is 3. The minimum absolute atomic E-state index is 0.00690. The zero-order valence-electron chi connectivity index (χ0n) is 26.1. The maximum absolute atomic E-state index is 15.2. The van der Waals surface area contributed by atoms with Gasteiger partial charge in [-0.1, -0.05) is 36.7 Å². The van der Waals surface area contributed by atoms with Gasteiger partial charge < -0.3 is 24.1 Å². The van der Waals surface area contributed by atoms with Gasteiger partial charge >= 0.3 is 5.69 Å². The summed E-state index contributed by atoms with van der Waals surface area (Å²) in [4.78, 5) is 71.2. The number of benzene rings is 2. The highest BCUT2D eigenvalue weighted by molar-refractivity contribution is 6.36. The van der Waals surface area contributed by atoms with E-state index in [2.05, 4.69) is 5.32 Å². The van der Waals surface area contributed by atoms with Crippen molar-refractivity contribution in [3.8, 4) is 17.2 Å². The second-order valence-corrected chi connectivity index (χ2v) is 12.9. The number of anilines is 1. The lowest BCUT2D eigenvalue weighted by Gasteiger charge is -2.42. The fourth-order valence-electron chi connectivity index (χ4n) is 7.90. The highest BCUT2D eigenvalue weighted by atomic mass is 35.5. The van der Waals surface area contributed by atoms with Gasteiger partial charge in [-0.05, 0) is 29.9 Å². The van der Waals surface area contributed by atoms with Crippen molar-refractivity contribution in [2.75, 3.05) is 19.5 Å². The Morgan fingerprint density at radius 1 is 0.979 bits per heavy atom. The average molecular weight is 657 g/mol. The van der Waals surface area contributed by atoms with Crippen molar-refractivity contribution in [1.29, 1.82) is 0 Å². The van der Waals surface area contributed by atoms with Crippen LogP contribution >= 0.6 is 11.6 Å². The van der Waals surface area contributed by atoms with E-state index in [1.54, 1.807) is 17.6 Å². The Kier molecular flexibility index (Phi) is 6.05. The summed E-state index contributed by atoms with van der Waals surface area (Å²) in [5.74, 6) is -2.85. The van der Waals surface area contributed by atoms with Gasteiger partial charge in [-0.2, -0.15) is 0 Å². The van der Waals surface area contributed by atoms with Crippen LogP contribution in [0.3, 0.4) is 0 Å². The minimum atomic E-state index is -2.08. The number of halogens is 1. The molecule has 4 aliphatic rings. The van der Waals surface area contributed by atoms with Gasteiger partial charge in [0.25, 0.3) is 11.1 Å². The van der Waals surface area contributed by atoms with Crippen LogP contribution in [0.15, 0.2) is 56.0 Å². The molecule has 3 aliphatic heterocycles. The van der Waals surface area contributed by atoms with Crippen LogP contribution in [0.25, 0.3) is 10.9 Å². The van der Waals surface area contributed by atoms with E-state index in [1.165, 1.54) is 38.9 Å². The number of carbonyl (C=O) groups excluding carboxylic acids is 2. The Bertz CT molecular complexity index is 2380. The van der Waals surface area contributed by atoms with Crippen LogP contribution in [0.5, 0.6) is 17.2 Å². The molecule has 0 saturated carbocycles. The van der Waals surface area contributed by atoms with E-state index in [1.807, 2.05) is 18.2 Å². The Hall–Kier alpha value is -5.10. The summed E-state index contributed by atoms with van der Waals surface area (Å²) in [6.07, 6.45) is 0.776. The number of aryl methyl sites for hydroxylation is 2. The molecule has 5 heterocycles. The molecule has 0 saturated heterocycles. The third-order valence-corrected chi connectivity index (χ3v) is 10.6. The quantitative estimate of drug-likeness (QED) is 0.330. The van der Waals surface area contributed by atoms with Crippen molar-refractivity contribution >= 4 is 39.9 Å². The van der Waals surface area contributed by atoms with Gasteiger partial charge in [0, 0.05) is 49.5 Å². The highest BCUT2D eigenvalue weighted by Gasteiger charge is 2.64. The number of allylic oxidation sites excluding steroid dienone is 1. The Morgan fingerprint density at radius 3 is 2.45 bits per heavy atom. The number of hydrogen-bond acceptors (Lipinski definition) is 9. The van der Waals surface area contributed by atoms with E-state index in [0.29, 0.717) is 18.7 Å². The summed E-state index contributed by atoms with van der Waals surface area (Å²) in [7, 11) is 5.66. The molecule has 240 valence electrons. The Balaban J connectivity index is 1.42. The lowest BCUT2D eigenvalue weighted by atomic mass is 9.66. The lowest BCUT2D eigenvalue weighted by Crippen LogP contribution is -2.58. The van der Waals surface area contributed by atoms with E-state index in [4.69, 9.17) is 25.8 Å². The topological polar surface area (TPSA) is 140 Å². The van der Waals surface area contributed by atoms with Gasteiger partial charge in [0.05, 0.1) is 31.2 Å². The Morgan fingerprint density at radius 2 is 1.72 bits per heavy atom. The molecule has 2 aromatic heterocycles. The van der Waals surface area contributed by atoms with E-state index in [-0.39, 0.29) is 62.3 Å². The van der Waals surface area contributed by atoms with Gasteiger partial charge in [-0.3, -0.25) is 28.3 Å². The molecule has 47 heavy (non-hydrogen) atoms. The van der Waals surface area contributed by atoms with E-state index < -0.39 is 40.3 Å². The molecule has 2 aromatic carbocycles. The van der Waals surface area contributed by atoms with Crippen LogP contribution in [0.2, 0.25) is 5.02 Å². The van der Waals surface area contributed by atoms with Crippen molar-refractivity contribution in [3.63, 3.8) is 0 Å². The maximum atomic E-state index is 15.2. The van der Waals surface area contributed by atoms with Crippen LogP contribution in [0.4, 0.5) is 5.82 Å². The van der Waals surface area contributed by atoms with Crippen molar-refractivity contribution in [2.24, 2.45) is 20.0 Å². The predicted molar refractivity (Wildman–Crippen MR) is 172 cm³/mol. The maximum Gasteiger partial charge on any atom is 0.332 e. The van der Waals surface area contributed by atoms with Crippen molar-refractivity contribution in [3.05, 3.63) is 100 Å². The largest absolute Gasteiger partial charge is 0.496 e. The first-order valence-electron chi connectivity index (χ1n) is 15.1. The first-order valence-corrected chi connectivity index (χ1v) is 15.5. The minimum Gasteiger partial charge on any atom is -0.496 e. The number of fused-ring (bicyclic) bond motifs is 2. The standard InChI is InChI=1S/C34H29ClN4O8/c1-14-11-18-22(28(40)34(14)29(41)23-19(45-4)13-20(46-5)25(35)27(23)47-34)21(24-30(36-18)37(2)33(44)38(3)32(24)43)17-12-16-8-6-7-15-9-10-39(26(15)16)31(17)42/h6-8,12-14,21,36H,9-11H2,1-5H3/t14-,21+,34+/m1/s1. The zero-order chi connectivity index (χ0) is 33.3. The zero-order valence-corrected chi connectivity index (χ0v) is 26.9. The van der Waals surface area contributed by atoms with Crippen LogP contribution < -0.4 is 36.3 Å². The number of hydrogen-bond donors (Lipinski definition) is 1.